The number of methoxy groups -OCH3 is 1. The smallest absolute Gasteiger partial charge is 0.0604 e. The lowest BCUT2D eigenvalue weighted by atomic mass is 9.75. The monoisotopic (exact) mass is 170 g/mol. The molecule has 0 heterocycles. The molecule has 0 aromatic carbocycles. The van der Waals surface area contributed by atoms with Gasteiger partial charge in [0.25, 0.3) is 0 Å². The summed E-state index contributed by atoms with van der Waals surface area (Å²) in [6.45, 7) is 6.96. The Bertz CT molecular complexity index is 131. The lowest BCUT2D eigenvalue weighted by molar-refractivity contribution is -0.00982. The van der Waals surface area contributed by atoms with E-state index in [2.05, 4.69) is 20.8 Å². The van der Waals surface area contributed by atoms with Crippen LogP contribution in [-0.4, -0.2) is 13.2 Å². The van der Waals surface area contributed by atoms with Gasteiger partial charge >= 0.3 is 0 Å². The third-order valence-electron chi connectivity index (χ3n) is 3.26. The molecular formula is C11H22O. The van der Waals surface area contributed by atoms with Crippen molar-refractivity contribution in [3.05, 3.63) is 0 Å². The zero-order valence-corrected chi connectivity index (χ0v) is 8.84. The lowest BCUT2D eigenvalue weighted by Gasteiger charge is -2.36. The summed E-state index contributed by atoms with van der Waals surface area (Å²) < 4.78 is 5.54. The fourth-order valence-corrected chi connectivity index (χ4v) is 2.39. The Labute approximate surface area is 76.5 Å². The summed E-state index contributed by atoms with van der Waals surface area (Å²) in [5, 5.41) is 0. The van der Waals surface area contributed by atoms with E-state index in [1.165, 1.54) is 19.3 Å². The van der Waals surface area contributed by atoms with Gasteiger partial charge < -0.3 is 4.74 Å². The molecule has 0 aromatic rings. The van der Waals surface area contributed by atoms with Crippen LogP contribution < -0.4 is 0 Å². The molecule has 0 amide bonds. The topological polar surface area (TPSA) is 9.23 Å². The van der Waals surface area contributed by atoms with Gasteiger partial charge in [0, 0.05) is 7.11 Å². The Morgan fingerprint density at radius 3 is 2.42 bits per heavy atom. The highest BCUT2D eigenvalue weighted by atomic mass is 16.5. The van der Waals surface area contributed by atoms with Crippen molar-refractivity contribution in [2.24, 2.45) is 17.8 Å². The SMILES string of the molecule is CO[C@@H]1C[C@@H](C)CC[C@@H]1C(C)C. The van der Waals surface area contributed by atoms with Crippen molar-refractivity contribution in [3.63, 3.8) is 0 Å². The molecule has 12 heavy (non-hydrogen) atoms. The minimum atomic E-state index is 0.522. The molecule has 1 nitrogen and oxygen atoms in total. The van der Waals surface area contributed by atoms with Crippen LogP contribution in [0.5, 0.6) is 0 Å². The summed E-state index contributed by atoms with van der Waals surface area (Å²) in [6.07, 6.45) is 4.54. The normalized spacial score (nSPS) is 37.2. The van der Waals surface area contributed by atoms with Crippen molar-refractivity contribution in [1.29, 1.82) is 0 Å². The number of hydrogen-bond acceptors (Lipinski definition) is 1. The van der Waals surface area contributed by atoms with Crippen molar-refractivity contribution in [2.45, 2.75) is 46.1 Å². The Morgan fingerprint density at radius 2 is 1.92 bits per heavy atom. The fourth-order valence-electron chi connectivity index (χ4n) is 2.39. The van der Waals surface area contributed by atoms with Gasteiger partial charge in [-0.2, -0.15) is 0 Å². The van der Waals surface area contributed by atoms with Crippen molar-refractivity contribution in [2.75, 3.05) is 7.11 Å². The molecule has 0 bridgehead atoms. The second-order valence-corrected chi connectivity index (χ2v) is 4.60. The molecule has 1 rings (SSSR count). The molecule has 0 saturated heterocycles. The van der Waals surface area contributed by atoms with Crippen LogP contribution in [0.1, 0.15) is 40.0 Å². The molecule has 3 atom stereocenters. The van der Waals surface area contributed by atoms with Gasteiger partial charge in [-0.15, -0.1) is 0 Å². The summed E-state index contributed by atoms with van der Waals surface area (Å²) >= 11 is 0. The molecular weight excluding hydrogens is 148 g/mol. The zero-order chi connectivity index (χ0) is 9.14. The first-order valence-corrected chi connectivity index (χ1v) is 5.18. The molecule has 0 unspecified atom stereocenters. The molecule has 0 spiro atoms. The van der Waals surface area contributed by atoms with Crippen LogP contribution in [0.4, 0.5) is 0 Å². The average molecular weight is 170 g/mol. The summed E-state index contributed by atoms with van der Waals surface area (Å²) in [6, 6.07) is 0. The maximum absolute atomic E-state index is 5.54. The molecule has 0 aromatic heterocycles. The van der Waals surface area contributed by atoms with Gasteiger partial charge in [0.1, 0.15) is 0 Å². The van der Waals surface area contributed by atoms with E-state index < -0.39 is 0 Å². The largest absolute Gasteiger partial charge is 0.381 e. The second-order valence-electron chi connectivity index (χ2n) is 4.60. The molecule has 1 fully saturated rings. The van der Waals surface area contributed by atoms with Gasteiger partial charge in [-0.3, -0.25) is 0 Å². The minimum Gasteiger partial charge on any atom is -0.381 e. The zero-order valence-electron chi connectivity index (χ0n) is 8.84. The van der Waals surface area contributed by atoms with Crippen LogP contribution in [0.3, 0.4) is 0 Å². The predicted octanol–water partition coefficient (Wildman–Crippen LogP) is 3.09. The van der Waals surface area contributed by atoms with E-state index in [9.17, 15) is 0 Å². The number of rotatable bonds is 2. The number of ether oxygens (including phenoxy) is 1. The summed E-state index contributed by atoms with van der Waals surface area (Å²) in [5.41, 5.74) is 0. The van der Waals surface area contributed by atoms with Crippen LogP contribution in [0.2, 0.25) is 0 Å². The Hall–Kier alpha value is -0.0400. The molecule has 72 valence electrons. The number of hydrogen-bond donors (Lipinski definition) is 0. The van der Waals surface area contributed by atoms with Crippen LogP contribution >= 0.6 is 0 Å². The molecule has 1 heteroatoms. The van der Waals surface area contributed by atoms with Crippen LogP contribution in [0.25, 0.3) is 0 Å². The van der Waals surface area contributed by atoms with Gasteiger partial charge in [0.05, 0.1) is 6.10 Å². The van der Waals surface area contributed by atoms with E-state index in [0.717, 1.165) is 17.8 Å². The van der Waals surface area contributed by atoms with Crippen LogP contribution in [0.15, 0.2) is 0 Å². The van der Waals surface area contributed by atoms with E-state index in [4.69, 9.17) is 4.74 Å². The molecule has 0 N–H and O–H groups in total. The Morgan fingerprint density at radius 1 is 1.25 bits per heavy atom. The predicted molar refractivity (Wildman–Crippen MR) is 52.1 cm³/mol. The van der Waals surface area contributed by atoms with E-state index in [1.54, 1.807) is 0 Å². The van der Waals surface area contributed by atoms with Gasteiger partial charge in [0.15, 0.2) is 0 Å². The molecule has 1 aliphatic carbocycles. The molecule has 1 saturated carbocycles. The third kappa shape index (κ3) is 2.22. The molecule has 0 radical (unpaired) electrons. The Balaban J connectivity index is 2.50. The lowest BCUT2D eigenvalue weighted by Crippen LogP contribution is -2.33. The van der Waals surface area contributed by atoms with Gasteiger partial charge in [0.2, 0.25) is 0 Å². The highest BCUT2D eigenvalue weighted by Crippen LogP contribution is 2.34. The van der Waals surface area contributed by atoms with Crippen molar-refractivity contribution < 1.29 is 4.74 Å². The average Bonchev–Trinajstić information content (AvgIpc) is 2.03. The van der Waals surface area contributed by atoms with Gasteiger partial charge in [-0.25, -0.2) is 0 Å². The van der Waals surface area contributed by atoms with Crippen LogP contribution in [-0.2, 0) is 4.74 Å². The van der Waals surface area contributed by atoms with E-state index in [1.807, 2.05) is 7.11 Å². The second kappa shape index (κ2) is 4.27. The van der Waals surface area contributed by atoms with E-state index >= 15 is 0 Å². The maximum atomic E-state index is 5.54. The maximum Gasteiger partial charge on any atom is 0.0604 e. The quantitative estimate of drug-likeness (QED) is 0.619. The summed E-state index contributed by atoms with van der Waals surface area (Å²) in [7, 11) is 1.86. The summed E-state index contributed by atoms with van der Waals surface area (Å²) in [4.78, 5) is 0. The van der Waals surface area contributed by atoms with Gasteiger partial charge in [-0.1, -0.05) is 27.2 Å². The minimum absolute atomic E-state index is 0.522. The first-order chi connectivity index (χ1) is 5.65. The van der Waals surface area contributed by atoms with E-state index in [-0.39, 0.29) is 0 Å². The highest BCUT2D eigenvalue weighted by molar-refractivity contribution is 4.80. The fraction of sp³-hybridized carbons (Fsp3) is 1.00. The Kier molecular flexibility index (Phi) is 3.57. The van der Waals surface area contributed by atoms with Crippen molar-refractivity contribution in [3.8, 4) is 0 Å². The molecule has 0 aliphatic heterocycles. The highest BCUT2D eigenvalue weighted by Gasteiger charge is 2.30. The third-order valence-corrected chi connectivity index (χ3v) is 3.26. The first-order valence-electron chi connectivity index (χ1n) is 5.18. The van der Waals surface area contributed by atoms with Crippen molar-refractivity contribution >= 4 is 0 Å². The van der Waals surface area contributed by atoms with Crippen molar-refractivity contribution in [1.82, 2.24) is 0 Å². The van der Waals surface area contributed by atoms with Gasteiger partial charge in [-0.05, 0) is 30.6 Å². The molecule has 1 aliphatic rings. The van der Waals surface area contributed by atoms with E-state index in [0.29, 0.717) is 6.10 Å². The van der Waals surface area contributed by atoms with Crippen LogP contribution in [0, 0.1) is 17.8 Å². The standard InChI is InChI=1S/C11H22O/c1-8(2)10-6-5-9(3)7-11(10)12-4/h8-11H,5-7H2,1-4H3/t9-,10+,11+/m0/s1. The summed E-state index contributed by atoms with van der Waals surface area (Å²) in [5.74, 6) is 2.44. The first kappa shape index (κ1) is 10.0.